The van der Waals surface area contributed by atoms with Gasteiger partial charge in [0.25, 0.3) is 0 Å². The van der Waals surface area contributed by atoms with Gasteiger partial charge in [-0.05, 0) is 37.5 Å². The van der Waals surface area contributed by atoms with Gasteiger partial charge in [0, 0.05) is 78.1 Å². The fourth-order valence-corrected chi connectivity index (χ4v) is 10.8. The highest BCUT2D eigenvalue weighted by atomic mass is 16.7. The minimum atomic E-state index is -1.44. The number of carbonyl (C=O) groups is 7. The molecular weight excluding hydrogens is 1370 g/mol. The average molecular weight is 1490 g/mol. The van der Waals surface area contributed by atoms with Crippen LogP contribution in [0.5, 0.6) is 0 Å². The molecule has 600 valence electrons. The summed E-state index contributed by atoms with van der Waals surface area (Å²) in [4.78, 5) is 89.3. The molecule has 0 spiro atoms. The Balaban J connectivity index is 1.45. The van der Waals surface area contributed by atoms with Crippen LogP contribution in [0.3, 0.4) is 0 Å². The maximum Gasteiger partial charge on any atom is 0.220 e. The zero-order valence-corrected chi connectivity index (χ0v) is 60.6. The Labute approximate surface area is 602 Å². The minimum Gasteiger partial charge on any atom is -0.394 e. The minimum absolute atomic E-state index is 0.00104. The van der Waals surface area contributed by atoms with Crippen LogP contribution in [0.1, 0.15) is 106 Å². The van der Waals surface area contributed by atoms with Gasteiger partial charge in [-0.15, -0.1) is 0 Å². The van der Waals surface area contributed by atoms with Crippen LogP contribution in [-0.4, -0.2) is 356 Å². The molecule has 37 nitrogen and oxygen atoms in total. The zero-order valence-electron chi connectivity index (χ0n) is 60.6. The molecule has 15 unspecified atom stereocenters. The van der Waals surface area contributed by atoms with Crippen molar-refractivity contribution in [1.82, 2.24) is 31.9 Å². The molecule has 15 N–H and O–H groups in total. The van der Waals surface area contributed by atoms with Gasteiger partial charge < -0.3 is 149 Å². The van der Waals surface area contributed by atoms with Gasteiger partial charge in [0.1, 0.15) is 78.8 Å². The van der Waals surface area contributed by atoms with Crippen LogP contribution in [0.25, 0.3) is 0 Å². The summed E-state index contributed by atoms with van der Waals surface area (Å²) in [5.74, 6) is -2.51. The third-order valence-electron chi connectivity index (χ3n) is 16.4. The Kier molecular flexibility index (Phi) is 48.0. The SMILES string of the molecule is CC(=O)NC1C(OCCOCCOCCOCCCC(=O)CCC(CCC(=O)NCCOCCOCCOCCOC2OC(CO)C(O)C(O)C2NC(C)=O)(CCC(=O)NCCOCCOCCOCCOC2OC(CO)C(O)C(O)C2NC(C)=O)NC(=O)CCC(C)(C)C)OC(CO)C(O)C1O. The van der Waals surface area contributed by atoms with E-state index >= 15 is 0 Å². The first-order valence-corrected chi connectivity index (χ1v) is 35.3. The molecule has 0 bridgehead atoms. The van der Waals surface area contributed by atoms with Crippen molar-refractivity contribution in [3.63, 3.8) is 0 Å². The lowest BCUT2D eigenvalue weighted by molar-refractivity contribution is -0.272. The Morgan fingerprint density at radius 2 is 0.631 bits per heavy atom. The zero-order chi connectivity index (χ0) is 76.0. The smallest absolute Gasteiger partial charge is 0.220 e. The van der Waals surface area contributed by atoms with Crippen molar-refractivity contribution in [1.29, 1.82) is 0 Å². The van der Waals surface area contributed by atoms with E-state index < -0.39 is 135 Å². The molecule has 0 aliphatic carbocycles. The van der Waals surface area contributed by atoms with Gasteiger partial charge in [0.15, 0.2) is 18.9 Å². The summed E-state index contributed by atoms with van der Waals surface area (Å²) in [5.41, 5.74) is -1.33. The number of hydrogen-bond acceptors (Lipinski definition) is 31. The number of aliphatic hydroxyl groups excluding tert-OH is 9. The molecule has 3 aliphatic heterocycles. The largest absolute Gasteiger partial charge is 0.394 e. The summed E-state index contributed by atoms with van der Waals surface area (Å²) in [7, 11) is 0. The number of amides is 6. The van der Waals surface area contributed by atoms with Gasteiger partial charge in [-0.1, -0.05) is 20.8 Å². The van der Waals surface area contributed by atoms with E-state index in [1.807, 2.05) is 20.8 Å². The maximum atomic E-state index is 13.8. The Morgan fingerprint density at radius 1 is 0.350 bits per heavy atom. The molecule has 0 aromatic rings. The van der Waals surface area contributed by atoms with Crippen molar-refractivity contribution in [2.24, 2.45) is 5.41 Å². The molecule has 0 saturated carbocycles. The van der Waals surface area contributed by atoms with Crippen LogP contribution in [0.4, 0.5) is 0 Å². The highest BCUT2D eigenvalue weighted by molar-refractivity contribution is 5.81. The predicted octanol–water partition coefficient (Wildman–Crippen LogP) is -5.38. The Bertz CT molecular complexity index is 2130. The van der Waals surface area contributed by atoms with Gasteiger partial charge in [0.2, 0.25) is 35.4 Å². The van der Waals surface area contributed by atoms with Crippen molar-refractivity contribution >= 4 is 41.2 Å². The van der Waals surface area contributed by atoms with Crippen molar-refractivity contribution in [3.8, 4) is 0 Å². The number of ether oxygens (including phenoxy) is 15. The summed E-state index contributed by atoms with van der Waals surface area (Å²) in [6.45, 7) is 11.7. The lowest BCUT2D eigenvalue weighted by Crippen LogP contribution is -2.64. The molecule has 103 heavy (non-hydrogen) atoms. The average Bonchev–Trinajstić information content (AvgIpc) is 0.854. The van der Waals surface area contributed by atoms with E-state index in [1.165, 1.54) is 20.8 Å². The lowest BCUT2D eigenvalue weighted by atomic mass is 9.82. The number of rotatable bonds is 58. The van der Waals surface area contributed by atoms with E-state index in [2.05, 4.69) is 31.9 Å². The van der Waals surface area contributed by atoms with Gasteiger partial charge in [0.05, 0.1) is 152 Å². The van der Waals surface area contributed by atoms with Crippen molar-refractivity contribution in [2.45, 2.75) is 203 Å². The molecule has 3 rings (SSSR count). The first-order valence-electron chi connectivity index (χ1n) is 35.3. The molecule has 0 radical (unpaired) electrons. The highest BCUT2D eigenvalue weighted by Gasteiger charge is 2.48. The van der Waals surface area contributed by atoms with Gasteiger partial charge in [-0.2, -0.15) is 0 Å². The second kappa shape index (κ2) is 53.3. The number of carbonyl (C=O) groups excluding carboxylic acids is 7. The Hall–Kier alpha value is -4.47. The molecule has 6 amide bonds. The van der Waals surface area contributed by atoms with E-state index in [1.54, 1.807) is 0 Å². The standard InChI is InChI=1S/C66H120N6O31/c1-43(76)69-53-59(86)56(83)47(40-73)101-62(53)98-37-34-95-31-28-92-25-22-89-19-7-8-46(79)9-14-66(72-52(82)10-13-65(4,5)6,15-11-50(80)67-17-20-90-23-26-93-29-32-96-35-38-99-63-54(70-44(2)77)60(87)57(84)48(41-74)102-63)16-12-51(81)68-18-21-91-24-27-94-30-33-97-36-39-100-64-55(71-45(3)78)61(88)58(85)49(42-75)103-64/h47-49,53-64,73-75,83-88H,7-42H2,1-6H3,(H,67,80)(H,68,81)(H,69,76)(H,70,77)(H,71,78)(H,72,82). The summed E-state index contributed by atoms with van der Waals surface area (Å²) in [6.07, 6.45) is -13.9. The second-order valence-electron chi connectivity index (χ2n) is 26.2. The summed E-state index contributed by atoms with van der Waals surface area (Å²) < 4.78 is 83.8. The van der Waals surface area contributed by atoms with Crippen LogP contribution in [0.2, 0.25) is 0 Å². The van der Waals surface area contributed by atoms with Gasteiger partial charge in [-0.25, -0.2) is 0 Å². The third-order valence-corrected chi connectivity index (χ3v) is 16.4. The second-order valence-corrected chi connectivity index (χ2v) is 26.2. The van der Waals surface area contributed by atoms with Crippen molar-refractivity contribution < 1.29 is 151 Å². The van der Waals surface area contributed by atoms with E-state index in [-0.39, 0.29) is 232 Å². The summed E-state index contributed by atoms with van der Waals surface area (Å²) >= 11 is 0. The van der Waals surface area contributed by atoms with Crippen LogP contribution in [-0.2, 0) is 105 Å². The molecule has 15 atom stereocenters. The fourth-order valence-electron chi connectivity index (χ4n) is 10.8. The molecule has 37 heteroatoms. The first kappa shape index (κ1) is 92.7. The predicted molar refractivity (Wildman–Crippen MR) is 359 cm³/mol. The highest BCUT2D eigenvalue weighted by Crippen LogP contribution is 2.30. The number of nitrogens with one attached hydrogen (secondary N) is 6. The van der Waals surface area contributed by atoms with Crippen LogP contribution in [0, 0.1) is 5.41 Å². The summed E-state index contributed by atoms with van der Waals surface area (Å²) in [5, 5.41) is 107. The molecule has 3 fully saturated rings. The maximum absolute atomic E-state index is 13.8. The van der Waals surface area contributed by atoms with Crippen LogP contribution >= 0.6 is 0 Å². The van der Waals surface area contributed by atoms with E-state index in [0.29, 0.717) is 12.8 Å². The lowest BCUT2D eigenvalue weighted by Gasteiger charge is -2.42. The normalized spacial score (nSPS) is 25.7. The number of aliphatic hydroxyl groups is 9. The number of hydrogen-bond donors (Lipinski definition) is 15. The topological polar surface area (TPSA) is 512 Å². The quantitative estimate of drug-likeness (QED) is 0.0253. The van der Waals surface area contributed by atoms with Crippen LogP contribution in [0.15, 0.2) is 0 Å². The van der Waals surface area contributed by atoms with Crippen molar-refractivity contribution in [3.05, 3.63) is 0 Å². The molecule has 3 heterocycles. The van der Waals surface area contributed by atoms with Gasteiger partial charge >= 0.3 is 0 Å². The number of ketones is 1. The monoisotopic (exact) mass is 1490 g/mol. The van der Waals surface area contributed by atoms with E-state index in [9.17, 15) is 79.5 Å². The molecule has 3 aliphatic rings. The first-order chi connectivity index (χ1) is 49.2. The van der Waals surface area contributed by atoms with Crippen LogP contribution < -0.4 is 31.9 Å². The van der Waals surface area contributed by atoms with Gasteiger partial charge in [-0.3, -0.25) is 33.6 Å². The van der Waals surface area contributed by atoms with E-state index in [0.717, 1.165) is 0 Å². The molecule has 0 aromatic heterocycles. The Morgan fingerprint density at radius 3 is 0.932 bits per heavy atom. The molecule has 3 saturated heterocycles. The summed E-state index contributed by atoms with van der Waals surface area (Å²) in [6, 6.07) is -3.23. The number of Topliss-reactive ketones (excluding diaryl/α,β-unsaturated/α-hetero) is 1. The third kappa shape index (κ3) is 39.3. The fraction of sp³-hybridized carbons (Fsp3) is 0.894. The molecular formula is C66H120N6O31. The van der Waals surface area contributed by atoms with E-state index in [4.69, 9.17) is 71.1 Å². The molecule has 0 aromatic carbocycles. The van der Waals surface area contributed by atoms with Crippen molar-refractivity contribution in [2.75, 3.05) is 172 Å².